The summed E-state index contributed by atoms with van der Waals surface area (Å²) in [5.41, 5.74) is 1.35. The van der Waals surface area contributed by atoms with Crippen molar-refractivity contribution in [1.82, 2.24) is 24.4 Å². The molecule has 2 aromatic carbocycles. The number of hydrogen-bond donors (Lipinski definition) is 3. The van der Waals surface area contributed by atoms with Gasteiger partial charge in [-0.1, -0.05) is 81.7 Å². The smallest absolute Gasteiger partial charge is 0.411 e. The Bertz CT molecular complexity index is 1770. The third-order valence-electron chi connectivity index (χ3n) is 8.84. The van der Waals surface area contributed by atoms with E-state index in [-0.39, 0.29) is 61.6 Å². The maximum Gasteiger partial charge on any atom is 0.443 e. The van der Waals surface area contributed by atoms with E-state index in [9.17, 15) is 36.3 Å². The molecule has 3 amide bonds. The largest absolute Gasteiger partial charge is 0.443 e. The number of aromatic nitrogens is 1. The van der Waals surface area contributed by atoms with E-state index in [1.54, 1.807) is 12.1 Å². The molecule has 2 heterocycles. The van der Waals surface area contributed by atoms with Crippen LogP contribution in [0.15, 0.2) is 70.0 Å². The highest BCUT2D eigenvalue weighted by molar-refractivity contribution is 7.89. The highest BCUT2D eigenvalue weighted by Crippen LogP contribution is 2.32. The average Bonchev–Trinajstić information content (AvgIpc) is 3.72. The minimum atomic E-state index is -4.59. The average molecular weight is 767 g/mol. The predicted molar refractivity (Wildman–Crippen MR) is 190 cm³/mol. The molecule has 1 saturated heterocycles. The second-order valence-corrected chi connectivity index (χ2v) is 16.1. The van der Waals surface area contributed by atoms with Crippen molar-refractivity contribution < 1.29 is 41.5 Å². The Balaban J connectivity index is 1.58. The van der Waals surface area contributed by atoms with Crippen LogP contribution in [0.2, 0.25) is 0 Å². The van der Waals surface area contributed by atoms with Crippen LogP contribution in [0.1, 0.15) is 55.9 Å². The third-order valence-corrected chi connectivity index (χ3v) is 11.6. The fourth-order valence-corrected chi connectivity index (χ4v) is 8.32. The van der Waals surface area contributed by atoms with Gasteiger partial charge in [-0.15, -0.1) is 11.3 Å². The summed E-state index contributed by atoms with van der Waals surface area (Å²) in [5.74, 6) is -1.00. The van der Waals surface area contributed by atoms with E-state index in [1.165, 1.54) is 43.8 Å². The molecule has 1 fully saturated rings. The Kier molecular flexibility index (Phi) is 13.8. The van der Waals surface area contributed by atoms with E-state index in [2.05, 4.69) is 15.5 Å². The van der Waals surface area contributed by atoms with Gasteiger partial charge in [-0.2, -0.15) is 17.5 Å². The van der Waals surface area contributed by atoms with Gasteiger partial charge in [0.05, 0.1) is 35.5 Å². The normalized spacial score (nSPS) is 16.5. The highest BCUT2D eigenvalue weighted by Gasteiger charge is 2.42. The van der Waals surface area contributed by atoms with Crippen molar-refractivity contribution >= 4 is 39.5 Å². The lowest BCUT2D eigenvalue weighted by Gasteiger charge is -2.35. The van der Waals surface area contributed by atoms with E-state index in [4.69, 9.17) is 5.21 Å². The lowest BCUT2D eigenvalue weighted by molar-refractivity contribution is -0.137. The summed E-state index contributed by atoms with van der Waals surface area (Å²) in [4.78, 5) is 34.2. The number of aliphatic hydroxyl groups excluding tert-OH is 1. The molecule has 1 aliphatic rings. The Hall–Kier alpha value is -4.06. The SMILES string of the molecule is CCC(C)C(C(=O)N[C@@H](Cc1ccccc1)[C@H](O)CN(CC(C)C)S(=O)(=O)c1ccc(/C=N/O)cc1)N1CCN(Cc2csc(C(F)(F)F)n2)C1=O. The zero-order valence-corrected chi connectivity index (χ0v) is 31.0. The molecule has 2 unspecified atom stereocenters. The first-order chi connectivity index (χ1) is 24.5. The first-order valence-electron chi connectivity index (χ1n) is 16.9. The Morgan fingerprint density at radius 2 is 1.77 bits per heavy atom. The molecule has 4 atom stereocenters. The molecule has 3 aromatic rings. The monoisotopic (exact) mass is 766 g/mol. The molecule has 284 valence electrons. The summed E-state index contributed by atoms with van der Waals surface area (Å²) >= 11 is 0.452. The number of carbonyl (C=O) groups excluding carboxylic acids is 2. The van der Waals surface area contributed by atoms with Crippen LogP contribution in [0.4, 0.5) is 18.0 Å². The fourth-order valence-electron chi connectivity index (χ4n) is 6.02. The first-order valence-corrected chi connectivity index (χ1v) is 19.2. The van der Waals surface area contributed by atoms with Crippen LogP contribution in [0.3, 0.4) is 0 Å². The number of hydrogen-bond acceptors (Lipinski definition) is 9. The molecule has 12 nitrogen and oxygen atoms in total. The summed E-state index contributed by atoms with van der Waals surface area (Å²) in [6.07, 6.45) is -4.15. The molecule has 1 aliphatic heterocycles. The van der Waals surface area contributed by atoms with Gasteiger partial charge in [0.1, 0.15) is 6.04 Å². The summed E-state index contributed by atoms with van der Waals surface area (Å²) in [5, 5.41) is 26.7. The summed E-state index contributed by atoms with van der Waals surface area (Å²) < 4.78 is 68.3. The van der Waals surface area contributed by atoms with Crippen LogP contribution < -0.4 is 5.32 Å². The minimum absolute atomic E-state index is 0.0275. The van der Waals surface area contributed by atoms with Crippen LogP contribution in [-0.4, -0.2) is 100 Å². The van der Waals surface area contributed by atoms with Crippen molar-refractivity contribution in [3.05, 3.63) is 81.8 Å². The Labute approximate surface area is 306 Å². The van der Waals surface area contributed by atoms with E-state index in [0.29, 0.717) is 23.3 Å². The number of amides is 3. The van der Waals surface area contributed by atoms with Crippen molar-refractivity contribution in [3.63, 3.8) is 0 Å². The second-order valence-electron chi connectivity index (χ2n) is 13.3. The molecular weight excluding hydrogens is 722 g/mol. The fraction of sp³-hybridized carbons (Fsp3) is 0.486. The number of nitrogens with one attached hydrogen (secondary N) is 1. The van der Waals surface area contributed by atoms with Crippen LogP contribution in [0.5, 0.6) is 0 Å². The molecule has 52 heavy (non-hydrogen) atoms. The van der Waals surface area contributed by atoms with Gasteiger partial charge in [-0.3, -0.25) is 4.79 Å². The molecule has 0 saturated carbocycles. The van der Waals surface area contributed by atoms with Gasteiger partial charge in [0.25, 0.3) is 0 Å². The Morgan fingerprint density at radius 3 is 2.35 bits per heavy atom. The predicted octanol–water partition coefficient (Wildman–Crippen LogP) is 5.06. The minimum Gasteiger partial charge on any atom is -0.411 e. The third kappa shape index (κ3) is 10.3. The van der Waals surface area contributed by atoms with Gasteiger partial charge >= 0.3 is 12.2 Å². The number of rotatable bonds is 17. The summed E-state index contributed by atoms with van der Waals surface area (Å²) in [7, 11) is -4.12. The number of carbonyl (C=O) groups is 2. The van der Waals surface area contributed by atoms with Gasteiger partial charge in [0.15, 0.2) is 5.01 Å². The number of oxime groups is 1. The van der Waals surface area contributed by atoms with Crippen LogP contribution in [0.25, 0.3) is 0 Å². The van der Waals surface area contributed by atoms with E-state index >= 15 is 0 Å². The lowest BCUT2D eigenvalue weighted by atomic mass is 9.95. The highest BCUT2D eigenvalue weighted by atomic mass is 32.2. The van der Waals surface area contributed by atoms with Gasteiger partial charge in [0, 0.05) is 31.6 Å². The molecule has 4 rings (SSSR count). The number of thiazole rings is 1. The molecule has 1 aromatic heterocycles. The molecule has 3 N–H and O–H groups in total. The zero-order chi connectivity index (χ0) is 38.2. The topological polar surface area (TPSA) is 156 Å². The number of nitrogens with zero attached hydrogens (tertiary/aromatic N) is 5. The maximum absolute atomic E-state index is 14.2. The molecular formula is C35H45F3N6O6S2. The van der Waals surface area contributed by atoms with Crippen LogP contribution in [-0.2, 0) is 34.0 Å². The molecule has 0 aliphatic carbocycles. The number of aliphatic hydroxyl groups is 1. The van der Waals surface area contributed by atoms with Crippen LogP contribution in [0, 0.1) is 11.8 Å². The van der Waals surface area contributed by atoms with Crippen molar-refractivity contribution in [2.24, 2.45) is 17.0 Å². The van der Waals surface area contributed by atoms with Gasteiger partial charge < -0.3 is 25.4 Å². The van der Waals surface area contributed by atoms with E-state index in [1.807, 2.05) is 45.9 Å². The van der Waals surface area contributed by atoms with Crippen molar-refractivity contribution in [2.45, 2.75) is 76.3 Å². The van der Waals surface area contributed by atoms with Crippen molar-refractivity contribution in [2.75, 3.05) is 26.2 Å². The zero-order valence-electron chi connectivity index (χ0n) is 29.4. The number of halogens is 3. The quantitative estimate of drug-likeness (QED) is 0.0986. The molecule has 17 heteroatoms. The molecule has 0 radical (unpaired) electrons. The van der Waals surface area contributed by atoms with Gasteiger partial charge in [0.2, 0.25) is 15.9 Å². The number of urea groups is 1. The summed E-state index contributed by atoms with van der Waals surface area (Å²) in [6, 6.07) is 12.3. The van der Waals surface area contributed by atoms with Gasteiger partial charge in [-0.05, 0) is 41.5 Å². The lowest BCUT2D eigenvalue weighted by Crippen LogP contribution is -2.57. The van der Waals surface area contributed by atoms with Gasteiger partial charge in [-0.25, -0.2) is 18.2 Å². The van der Waals surface area contributed by atoms with E-state index < -0.39 is 51.3 Å². The van der Waals surface area contributed by atoms with E-state index in [0.717, 1.165) is 11.8 Å². The van der Waals surface area contributed by atoms with Crippen LogP contribution >= 0.6 is 11.3 Å². The number of alkyl halides is 3. The first kappa shape index (κ1) is 40.7. The standard InChI is InChI=1S/C35H45F3N6O6S2/c1-5-24(4)31(44-16-15-42(34(44)47)20-27-22-51-33(40-27)35(36,37)38)32(46)41-29(17-25-9-7-6-8-10-25)30(45)21-43(19-23(2)3)52(49,50)28-13-11-26(12-14-28)18-39-48/h6-14,18,22-24,29-31,45,48H,5,15-17,19-21H2,1-4H3,(H,41,46)/b39-18+/t24?,29-,30+,31?/m0/s1. The molecule has 0 bridgehead atoms. The Morgan fingerprint density at radius 1 is 1.10 bits per heavy atom. The second kappa shape index (κ2) is 17.6. The van der Waals surface area contributed by atoms with Crippen molar-refractivity contribution in [1.29, 1.82) is 0 Å². The maximum atomic E-state index is 14.2. The number of benzene rings is 2. The number of sulfonamides is 1. The summed E-state index contributed by atoms with van der Waals surface area (Å²) in [6.45, 7) is 7.25. The van der Waals surface area contributed by atoms with Crippen molar-refractivity contribution in [3.8, 4) is 0 Å². The molecule has 0 spiro atoms.